The predicted molar refractivity (Wildman–Crippen MR) is 144 cm³/mol. The van der Waals surface area contributed by atoms with Crippen LogP contribution in [0.1, 0.15) is 24.8 Å². The summed E-state index contributed by atoms with van der Waals surface area (Å²) >= 11 is 0. The molecule has 0 bridgehead atoms. The Morgan fingerprint density at radius 2 is 1.87 bits per heavy atom. The van der Waals surface area contributed by atoms with Gasteiger partial charge >= 0.3 is 12.1 Å². The highest BCUT2D eigenvalue weighted by molar-refractivity contribution is 5.94. The average Bonchev–Trinajstić information content (AvgIpc) is 2.94. The molecule has 0 radical (unpaired) electrons. The van der Waals surface area contributed by atoms with Crippen molar-refractivity contribution >= 4 is 35.3 Å². The molecule has 1 saturated heterocycles. The van der Waals surface area contributed by atoms with Crippen LogP contribution in [0.15, 0.2) is 53.5 Å². The van der Waals surface area contributed by atoms with E-state index < -0.39 is 18.1 Å². The molecule has 0 aromatic heterocycles. The number of carbonyl (C=O) groups excluding carboxylic acids is 2. The van der Waals surface area contributed by atoms with E-state index >= 15 is 0 Å². The van der Waals surface area contributed by atoms with Crippen molar-refractivity contribution in [3.63, 3.8) is 0 Å². The van der Waals surface area contributed by atoms with Crippen molar-refractivity contribution in [3.8, 4) is 0 Å². The number of alkyl carbamates (subject to hydrolysis) is 1. The number of aliphatic imine (C=N–C) groups is 1. The molecule has 2 aromatic carbocycles. The van der Waals surface area contributed by atoms with Gasteiger partial charge in [0.2, 0.25) is 5.91 Å². The summed E-state index contributed by atoms with van der Waals surface area (Å²) in [5.74, 6) is -1.20. The first-order chi connectivity index (χ1) is 18.9. The van der Waals surface area contributed by atoms with Gasteiger partial charge in [-0.1, -0.05) is 30.3 Å². The summed E-state index contributed by atoms with van der Waals surface area (Å²) in [6, 6.07) is 12.5. The molecule has 208 valence electrons. The third-order valence-corrected chi connectivity index (χ3v) is 6.49. The Hall–Kier alpha value is -4.35. The number of anilines is 2. The number of carboxylic acid groups (broad SMARTS) is 1. The molecule has 2 amide bonds. The number of ether oxygens (including phenoxy) is 1. The molecule has 1 atom stereocenters. The minimum Gasteiger partial charge on any atom is -0.480 e. The van der Waals surface area contributed by atoms with Gasteiger partial charge in [-0.3, -0.25) is 9.79 Å². The van der Waals surface area contributed by atoms with Gasteiger partial charge in [0.15, 0.2) is 5.96 Å². The Morgan fingerprint density at radius 1 is 1.10 bits per heavy atom. The molecule has 2 aromatic rings. The standard InChI is InChI=1S/C27H33FN6O5/c28-20-15-21(31-26-29-9-4-10-30-26)17-22(16-20)33-11-13-34(14-12-33)24(35)8-7-23(25(36)37)32-27(38)39-18-19-5-2-1-3-6-19/h1-3,5-6,15-17,23H,4,7-14,18H2,(H,32,38)(H,36,37)(H2,29,30,31)/t23-/m0/s1. The zero-order valence-corrected chi connectivity index (χ0v) is 21.6. The number of hydrogen-bond acceptors (Lipinski definition) is 8. The number of rotatable bonds is 9. The largest absolute Gasteiger partial charge is 0.480 e. The van der Waals surface area contributed by atoms with Gasteiger partial charge < -0.3 is 35.6 Å². The molecular formula is C27H33FN6O5. The monoisotopic (exact) mass is 540 g/mol. The number of aliphatic carboxylic acids is 1. The van der Waals surface area contributed by atoms with Crippen LogP contribution in [-0.4, -0.2) is 79.2 Å². The first kappa shape index (κ1) is 27.7. The van der Waals surface area contributed by atoms with Gasteiger partial charge in [-0.25, -0.2) is 14.0 Å². The summed E-state index contributed by atoms with van der Waals surface area (Å²) in [4.78, 5) is 44.5. The van der Waals surface area contributed by atoms with Crippen molar-refractivity contribution < 1.29 is 28.6 Å². The Kier molecular flexibility index (Phi) is 9.54. The molecule has 2 heterocycles. The molecule has 1 fully saturated rings. The lowest BCUT2D eigenvalue weighted by atomic mass is 10.1. The van der Waals surface area contributed by atoms with Gasteiger partial charge in [0.1, 0.15) is 18.5 Å². The Labute approximate surface area is 226 Å². The second kappa shape index (κ2) is 13.4. The molecule has 12 heteroatoms. The number of hydrogen-bond donors (Lipinski definition) is 4. The highest BCUT2D eigenvalue weighted by Gasteiger charge is 2.26. The second-order valence-corrected chi connectivity index (χ2v) is 9.34. The summed E-state index contributed by atoms with van der Waals surface area (Å²) < 4.78 is 19.4. The molecule has 2 aliphatic heterocycles. The fraction of sp³-hybridized carbons (Fsp3) is 0.407. The maximum Gasteiger partial charge on any atom is 0.408 e. The van der Waals surface area contributed by atoms with E-state index in [-0.39, 0.29) is 31.2 Å². The summed E-state index contributed by atoms with van der Waals surface area (Å²) in [5, 5.41) is 18.1. The van der Waals surface area contributed by atoms with Crippen LogP contribution in [0.5, 0.6) is 0 Å². The van der Waals surface area contributed by atoms with Crippen LogP contribution in [0, 0.1) is 5.82 Å². The molecule has 4 rings (SSSR count). The van der Waals surface area contributed by atoms with Crippen molar-refractivity contribution in [1.29, 1.82) is 0 Å². The number of nitrogens with zero attached hydrogens (tertiary/aromatic N) is 3. The van der Waals surface area contributed by atoms with Gasteiger partial charge in [0, 0.05) is 57.1 Å². The number of nitrogens with one attached hydrogen (secondary N) is 3. The van der Waals surface area contributed by atoms with Crippen molar-refractivity contribution in [2.24, 2.45) is 4.99 Å². The van der Waals surface area contributed by atoms with E-state index in [1.54, 1.807) is 29.2 Å². The Bertz CT molecular complexity index is 1190. The van der Waals surface area contributed by atoms with Crippen LogP contribution >= 0.6 is 0 Å². The highest BCUT2D eigenvalue weighted by atomic mass is 19.1. The van der Waals surface area contributed by atoms with Crippen LogP contribution < -0.4 is 20.9 Å². The van der Waals surface area contributed by atoms with Crippen molar-refractivity contribution in [3.05, 3.63) is 59.9 Å². The van der Waals surface area contributed by atoms with Crippen LogP contribution in [0.4, 0.5) is 20.6 Å². The van der Waals surface area contributed by atoms with Crippen LogP contribution in [0.25, 0.3) is 0 Å². The number of carbonyl (C=O) groups is 3. The van der Waals surface area contributed by atoms with E-state index in [4.69, 9.17) is 4.74 Å². The zero-order valence-electron chi connectivity index (χ0n) is 21.6. The lowest BCUT2D eigenvalue weighted by Gasteiger charge is -2.36. The van der Waals surface area contributed by atoms with Crippen LogP contribution in [0.2, 0.25) is 0 Å². The first-order valence-electron chi connectivity index (χ1n) is 13.0. The predicted octanol–water partition coefficient (Wildman–Crippen LogP) is 2.40. The third kappa shape index (κ3) is 8.32. The molecular weight excluding hydrogens is 507 g/mol. The average molecular weight is 541 g/mol. The number of amides is 2. The normalized spacial score (nSPS) is 16.0. The maximum atomic E-state index is 14.3. The number of halogens is 1. The van der Waals surface area contributed by atoms with E-state index in [0.29, 0.717) is 43.5 Å². The molecule has 11 nitrogen and oxygen atoms in total. The topological polar surface area (TPSA) is 136 Å². The molecule has 0 aliphatic carbocycles. The van der Waals surface area contributed by atoms with Crippen LogP contribution in [0.3, 0.4) is 0 Å². The third-order valence-electron chi connectivity index (χ3n) is 6.49. The van der Waals surface area contributed by atoms with Crippen molar-refractivity contribution in [2.45, 2.75) is 31.9 Å². The summed E-state index contributed by atoms with van der Waals surface area (Å²) in [6.07, 6.45) is -0.00940. The number of guanidine groups is 1. The minimum atomic E-state index is -1.25. The Balaban J connectivity index is 1.23. The minimum absolute atomic E-state index is 0.0106. The summed E-state index contributed by atoms with van der Waals surface area (Å²) in [7, 11) is 0. The van der Waals surface area contributed by atoms with E-state index in [1.165, 1.54) is 12.1 Å². The van der Waals surface area contributed by atoms with Gasteiger partial charge in [0.25, 0.3) is 0 Å². The van der Waals surface area contributed by atoms with Gasteiger partial charge in [-0.15, -0.1) is 0 Å². The van der Waals surface area contributed by atoms with E-state index in [9.17, 15) is 23.9 Å². The molecule has 0 unspecified atom stereocenters. The number of benzene rings is 2. The lowest BCUT2D eigenvalue weighted by molar-refractivity contribution is -0.140. The van der Waals surface area contributed by atoms with E-state index in [2.05, 4.69) is 20.9 Å². The summed E-state index contributed by atoms with van der Waals surface area (Å²) in [5.41, 5.74) is 2.06. The van der Waals surface area contributed by atoms with Crippen molar-refractivity contribution in [1.82, 2.24) is 15.5 Å². The maximum absolute atomic E-state index is 14.3. The zero-order chi connectivity index (χ0) is 27.6. The molecule has 0 saturated carbocycles. The van der Waals surface area contributed by atoms with Gasteiger partial charge in [-0.2, -0.15) is 0 Å². The molecule has 0 spiro atoms. The molecule has 4 N–H and O–H groups in total. The first-order valence-corrected chi connectivity index (χ1v) is 13.0. The number of piperazine rings is 1. The summed E-state index contributed by atoms with van der Waals surface area (Å²) in [6.45, 7) is 3.37. The second-order valence-electron chi connectivity index (χ2n) is 9.34. The molecule has 2 aliphatic rings. The van der Waals surface area contributed by atoms with Gasteiger partial charge in [0.05, 0.1) is 0 Å². The highest BCUT2D eigenvalue weighted by Crippen LogP contribution is 2.23. The SMILES string of the molecule is O=C(N[C@@H](CCC(=O)N1CCN(c2cc(F)cc(NC3=NCCCN3)c2)CC1)C(=O)O)OCc1ccccc1. The van der Waals surface area contributed by atoms with Crippen molar-refractivity contribution in [2.75, 3.05) is 49.5 Å². The van der Waals surface area contributed by atoms with E-state index in [1.807, 2.05) is 17.0 Å². The van der Waals surface area contributed by atoms with Gasteiger partial charge in [-0.05, 0) is 36.6 Å². The quantitative estimate of drug-likeness (QED) is 0.381. The molecule has 39 heavy (non-hydrogen) atoms. The van der Waals surface area contributed by atoms with Crippen LogP contribution in [-0.2, 0) is 20.9 Å². The fourth-order valence-corrected chi connectivity index (χ4v) is 4.39. The number of carboxylic acids is 1. The van der Waals surface area contributed by atoms with E-state index in [0.717, 1.165) is 25.1 Å². The fourth-order valence-electron chi connectivity index (χ4n) is 4.39. The Morgan fingerprint density at radius 3 is 2.56 bits per heavy atom. The smallest absolute Gasteiger partial charge is 0.408 e. The lowest BCUT2D eigenvalue weighted by Crippen LogP contribution is -2.49.